The van der Waals surface area contributed by atoms with E-state index in [0.717, 1.165) is 0 Å². The van der Waals surface area contributed by atoms with Crippen LogP contribution in [0.4, 0.5) is 0 Å². The van der Waals surface area contributed by atoms with Crippen LogP contribution in [0, 0.1) is 11.3 Å². The van der Waals surface area contributed by atoms with Crippen molar-refractivity contribution >= 4 is 10.0 Å². The molecule has 0 radical (unpaired) electrons. The summed E-state index contributed by atoms with van der Waals surface area (Å²) in [4.78, 5) is 0. The second kappa shape index (κ2) is 5.48. The fourth-order valence-electron chi connectivity index (χ4n) is 1.82. The smallest absolute Gasteiger partial charge is 0.216 e. The molecule has 0 spiro atoms. The summed E-state index contributed by atoms with van der Waals surface area (Å²) in [6.07, 6.45) is 0.715. The van der Waals surface area contributed by atoms with Crippen LogP contribution >= 0.6 is 0 Å². The Morgan fingerprint density at radius 1 is 1.39 bits per heavy atom. The molecule has 0 aromatic heterocycles. The SMILES string of the molecule is N#Cc1ccc(CS(=O)(=O)NC2CCOC2)cc1. The van der Waals surface area contributed by atoms with E-state index in [1.165, 1.54) is 0 Å². The van der Waals surface area contributed by atoms with Crippen molar-refractivity contribution in [3.8, 4) is 6.07 Å². The van der Waals surface area contributed by atoms with Crippen LogP contribution in [0.5, 0.6) is 0 Å². The molecule has 1 N–H and O–H groups in total. The molecule has 2 rings (SSSR count). The van der Waals surface area contributed by atoms with E-state index < -0.39 is 10.0 Å². The summed E-state index contributed by atoms with van der Waals surface area (Å²) in [5, 5.41) is 8.66. The standard InChI is InChI=1S/C12H14N2O3S/c13-7-10-1-3-11(4-2-10)9-18(15,16)14-12-5-6-17-8-12/h1-4,12,14H,5-6,8-9H2. The van der Waals surface area contributed by atoms with Crippen molar-refractivity contribution < 1.29 is 13.2 Å². The molecule has 1 unspecified atom stereocenters. The fraction of sp³-hybridized carbons (Fsp3) is 0.417. The third-order valence-electron chi connectivity index (χ3n) is 2.72. The molecule has 1 saturated heterocycles. The normalized spacial score (nSPS) is 19.6. The van der Waals surface area contributed by atoms with Gasteiger partial charge in [0.1, 0.15) is 0 Å². The first-order valence-corrected chi connectivity index (χ1v) is 7.31. The number of hydrogen-bond donors (Lipinski definition) is 1. The minimum Gasteiger partial charge on any atom is -0.380 e. The van der Waals surface area contributed by atoms with E-state index in [9.17, 15) is 8.42 Å². The molecule has 1 aliphatic rings. The minimum atomic E-state index is -3.35. The Hall–Kier alpha value is -1.42. The van der Waals surface area contributed by atoms with Crippen LogP contribution in [0.2, 0.25) is 0 Å². The number of nitrogens with zero attached hydrogens (tertiary/aromatic N) is 1. The van der Waals surface area contributed by atoms with Crippen LogP contribution in [-0.4, -0.2) is 27.7 Å². The largest absolute Gasteiger partial charge is 0.380 e. The molecule has 1 aliphatic heterocycles. The highest BCUT2D eigenvalue weighted by molar-refractivity contribution is 7.88. The lowest BCUT2D eigenvalue weighted by Gasteiger charge is -2.11. The summed E-state index contributed by atoms with van der Waals surface area (Å²) >= 11 is 0. The van der Waals surface area contributed by atoms with Crippen LogP contribution < -0.4 is 4.72 Å². The zero-order valence-corrected chi connectivity index (χ0v) is 10.6. The molecular weight excluding hydrogens is 252 g/mol. The fourth-order valence-corrected chi connectivity index (χ4v) is 3.23. The number of sulfonamides is 1. The van der Waals surface area contributed by atoms with E-state index in [4.69, 9.17) is 10.00 Å². The molecule has 6 heteroatoms. The molecule has 1 heterocycles. The summed E-state index contributed by atoms with van der Waals surface area (Å²) in [5.74, 6) is -0.0742. The maximum absolute atomic E-state index is 11.9. The Labute approximate surface area is 106 Å². The third-order valence-corrected chi connectivity index (χ3v) is 4.12. The molecule has 1 aromatic carbocycles. The Morgan fingerprint density at radius 3 is 2.67 bits per heavy atom. The number of nitrogens with one attached hydrogen (secondary N) is 1. The highest BCUT2D eigenvalue weighted by Gasteiger charge is 2.22. The number of nitriles is 1. The lowest BCUT2D eigenvalue weighted by Crippen LogP contribution is -2.35. The predicted molar refractivity (Wildman–Crippen MR) is 66.1 cm³/mol. The van der Waals surface area contributed by atoms with Crippen LogP contribution in [0.3, 0.4) is 0 Å². The maximum atomic E-state index is 11.9. The Balaban J connectivity index is 2.00. The Bertz CT molecular complexity index is 540. The van der Waals surface area contributed by atoms with Gasteiger partial charge in [-0.15, -0.1) is 0 Å². The van der Waals surface area contributed by atoms with E-state index in [-0.39, 0.29) is 11.8 Å². The average molecular weight is 266 g/mol. The van der Waals surface area contributed by atoms with Gasteiger partial charge in [0, 0.05) is 12.6 Å². The first-order chi connectivity index (χ1) is 8.59. The Morgan fingerprint density at radius 2 is 2.11 bits per heavy atom. The zero-order valence-electron chi connectivity index (χ0n) is 9.80. The van der Waals surface area contributed by atoms with Gasteiger partial charge in [-0.2, -0.15) is 5.26 Å². The molecule has 5 nitrogen and oxygen atoms in total. The van der Waals surface area contributed by atoms with E-state index >= 15 is 0 Å². The number of hydrogen-bond acceptors (Lipinski definition) is 4. The average Bonchev–Trinajstić information content (AvgIpc) is 2.81. The van der Waals surface area contributed by atoms with Crippen LogP contribution in [0.1, 0.15) is 17.5 Å². The molecule has 96 valence electrons. The van der Waals surface area contributed by atoms with Crippen LogP contribution in [0.15, 0.2) is 24.3 Å². The number of rotatable bonds is 4. The van der Waals surface area contributed by atoms with Crippen molar-refractivity contribution in [1.82, 2.24) is 4.72 Å². The van der Waals surface area contributed by atoms with Gasteiger partial charge in [0.25, 0.3) is 0 Å². The van der Waals surface area contributed by atoms with Crippen molar-refractivity contribution in [2.24, 2.45) is 0 Å². The molecule has 1 atom stereocenters. The number of benzene rings is 1. The lowest BCUT2D eigenvalue weighted by molar-refractivity contribution is 0.192. The predicted octanol–water partition coefficient (Wildman–Crippen LogP) is 0.767. The second-order valence-corrected chi connectivity index (χ2v) is 6.00. The van der Waals surface area contributed by atoms with Crippen LogP contribution in [0.25, 0.3) is 0 Å². The molecule has 0 saturated carbocycles. The van der Waals surface area contributed by atoms with Gasteiger partial charge >= 0.3 is 0 Å². The molecule has 1 fully saturated rings. The molecular formula is C12H14N2O3S. The lowest BCUT2D eigenvalue weighted by atomic mass is 10.2. The van der Waals surface area contributed by atoms with Gasteiger partial charge in [-0.1, -0.05) is 12.1 Å². The zero-order chi connectivity index (χ0) is 13.0. The molecule has 1 aromatic rings. The van der Waals surface area contributed by atoms with Crippen molar-refractivity contribution in [2.75, 3.05) is 13.2 Å². The van der Waals surface area contributed by atoms with E-state index in [0.29, 0.717) is 30.8 Å². The summed E-state index contributed by atoms with van der Waals surface area (Å²) in [6.45, 7) is 1.04. The van der Waals surface area contributed by atoms with Gasteiger partial charge in [-0.05, 0) is 24.1 Å². The minimum absolute atomic E-state index is 0.0742. The van der Waals surface area contributed by atoms with Gasteiger partial charge in [0.15, 0.2) is 0 Å². The first-order valence-electron chi connectivity index (χ1n) is 5.66. The summed E-state index contributed by atoms with van der Waals surface area (Å²) in [5.41, 5.74) is 1.19. The number of ether oxygens (including phenoxy) is 1. The van der Waals surface area contributed by atoms with Gasteiger partial charge in [0.2, 0.25) is 10.0 Å². The topological polar surface area (TPSA) is 79.2 Å². The second-order valence-electron chi connectivity index (χ2n) is 4.25. The van der Waals surface area contributed by atoms with Gasteiger partial charge < -0.3 is 4.74 Å². The van der Waals surface area contributed by atoms with Crippen molar-refractivity contribution in [3.05, 3.63) is 35.4 Å². The van der Waals surface area contributed by atoms with E-state index in [2.05, 4.69) is 4.72 Å². The maximum Gasteiger partial charge on any atom is 0.216 e. The quantitative estimate of drug-likeness (QED) is 0.873. The molecule has 0 bridgehead atoms. The van der Waals surface area contributed by atoms with E-state index in [1.54, 1.807) is 24.3 Å². The Kier molecular flexibility index (Phi) is 3.97. The van der Waals surface area contributed by atoms with Gasteiger partial charge in [0.05, 0.1) is 24.0 Å². The molecule has 18 heavy (non-hydrogen) atoms. The van der Waals surface area contributed by atoms with E-state index in [1.807, 2.05) is 6.07 Å². The third kappa shape index (κ3) is 3.53. The summed E-state index contributed by atoms with van der Waals surface area (Å²) in [6, 6.07) is 8.42. The molecule has 0 aliphatic carbocycles. The van der Waals surface area contributed by atoms with Crippen molar-refractivity contribution in [1.29, 1.82) is 5.26 Å². The molecule has 0 amide bonds. The van der Waals surface area contributed by atoms with Crippen molar-refractivity contribution in [2.45, 2.75) is 18.2 Å². The van der Waals surface area contributed by atoms with Gasteiger partial charge in [-0.25, -0.2) is 13.1 Å². The highest BCUT2D eigenvalue weighted by atomic mass is 32.2. The summed E-state index contributed by atoms with van der Waals surface area (Å²) < 4.78 is 31.5. The van der Waals surface area contributed by atoms with Crippen molar-refractivity contribution in [3.63, 3.8) is 0 Å². The monoisotopic (exact) mass is 266 g/mol. The summed E-state index contributed by atoms with van der Waals surface area (Å²) in [7, 11) is -3.35. The van der Waals surface area contributed by atoms with Crippen LogP contribution in [-0.2, 0) is 20.5 Å². The van der Waals surface area contributed by atoms with Gasteiger partial charge in [-0.3, -0.25) is 0 Å². The highest BCUT2D eigenvalue weighted by Crippen LogP contribution is 2.10. The first kappa shape index (κ1) is 13.0.